The van der Waals surface area contributed by atoms with Crippen molar-refractivity contribution >= 4 is 5.78 Å². The lowest BCUT2D eigenvalue weighted by atomic mass is 9.96. The highest BCUT2D eigenvalue weighted by Gasteiger charge is 2.29. The molecule has 80 valence electrons. The first-order valence-corrected chi connectivity index (χ1v) is 5.80. The maximum atomic E-state index is 12.0. The third-order valence-corrected chi connectivity index (χ3v) is 3.36. The molecule has 0 saturated carbocycles. The van der Waals surface area contributed by atoms with Crippen LogP contribution in [0.4, 0.5) is 0 Å². The molecule has 0 radical (unpaired) electrons. The van der Waals surface area contributed by atoms with E-state index in [2.05, 4.69) is 26.0 Å². The Morgan fingerprint density at radius 1 is 1.40 bits per heavy atom. The number of carbonyl (C=O) groups excluding carboxylic acids is 1. The zero-order valence-electron chi connectivity index (χ0n) is 9.76. The minimum atomic E-state index is 0.191. The second-order valence-electron chi connectivity index (χ2n) is 4.61. The van der Waals surface area contributed by atoms with E-state index in [-0.39, 0.29) is 5.92 Å². The number of carbonyl (C=O) groups is 1. The highest BCUT2D eigenvalue weighted by atomic mass is 16.1. The van der Waals surface area contributed by atoms with E-state index in [1.54, 1.807) is 0 Å². The van der Waals surface area contributed by atoms with Gasteiger partial charge < -0.3 is 0 Å². The van der Waals surface area contributed by atoms with E-state index in [0.717, 1.165) is 24.8 Å². The molecule has 0 spiro atoms. The van der Waals surface area contributed by atoms with Gasteiger partial charge in [0, 0.05) is 11.5 Å². The van der Waals surface area contributed by atoms with Crippen molar-refractivity contribution in [3.63, 3.8) is 0 Å². The smallest absolute Gasteiger partial charge is 0.166 e. The number of hydrogen-bond acceptors (Lipinski definition) is 1. The van der Waals surface area contributed by atoms with Crippen molar-refractivity contribution < 1.29 is 4.79 Å². The molecular weight excluding hydrogens is 184 g/mol. The van der Waals surface area contributed by atoms with Crippen LogP contribution in [0.5, 0.6) is 0 Å². The van der Waals surface area contributed by atoms with E-state index in [1.807, 2.05) is 6.92 Å². The summed E-state index contributed by atoms with van der Waals surface area (Å²) in [6, 6.07) is 4.29. The topological polar surface area (TPSA) is 17.1 Å². The van der Waals surface area contributed by atoms with Crippen LogP contribution in [0, 0.1) is 12.8 Å². The molecule has 1 aliphatic carbocycles. The number of fused-ring (bicyclic) bond motifs is 1. The van der Waals surface area contributed by atoms with Gasteiger partial charge in [-0.3, -0.25) is 4.79 Å². The molecule has 1 aromatic carbocycles. The maximum Gasteiger partial charge on any atom is 0.166 e. The fourth-order valence-corrected chi connectivity index (χ4v) is 2.49. The highest BCUT2D eigenvalue weighted by Crippen LogP contribution is 2.32. The number of rotatable bonds is 2. The fourth-order valence-electron chi connectivity index (χ4n) is 2.49. The van der Waals surface area contributed by atoms with E-state index in [0.29, 0.717) is 5.78 Å². The van der Waals surface area contributed by atoms with Gasteiger partial charge in [-0.25, -0.2) is 0 Å². The molecule has 1 aromatic rings. The maximum absolute atomic E-state index is 12.0. The average Bonchev–Trinajstić information content (AvgIpc) is 2.50. The van der Waals surface area contributed by atoms with Gasteiger partial charge >= 0.3 is 0 Å². The molecule has 0 bridgehead atoms. The van der Waals surface area contributed by atoms with Crippen LogP contribution < -0.4 is 0 Å². The van der Waals surface area contributed by atoms with E-state index in [1.165, 1.54) is 16.7 Å². The molecule has 15 heavy (non-hydrogen) atoms. The Kier molecular flexibility index (Phi) is 2.64. The Morgan fingerprint density at radius 3 is 2.80 bits per heavy atom. The van der Waals surface area contributed by atoms with Gasteiger partial charge in [-0.15, -0.1) is 0 Å². The largest absolute Gasteiger partial charge is 0.294 e. The normalized spacial score (nSPS) is 19.4. The standard InChI is InChI=1S/C14H18O/c1-4-5-11-7-6-9(2)12-8-10(3)14(15)13(11)12/h6-7,10H,4-5,8H2,1-3H3. The summed E-state index contributed by atoms with van der Waals surface area (Å²) in [5.74, 6) is 0.550. The predicted octanol–water partition coefficient (Wildman–Crippen LogP) is 3.32. The zero-order chi connectivity index (χ0) is 11.0. The minimum Gasteiger partial charge on any atom is -0.294 e. The first-order valence-electron chi connectivity index (χ1n) is 5.80. The summed E-state index contributed by atoms with van der Waals surface area (Å²) in [5.41, 5.74) is 4.89. The molecule has 1 atom stereocenters. The Morgan fingerprint density at radius 2 is 2.13 bits per heavy atom. The molecule has 0 fully saturated rings. The SMILES string of the molecule is CCCc1ccc(C)c2c1C(=O)C(C)C2. The molecule has 0 aromatic heterocycles. The number of ketones is 1. The molecule has 1 heteroatoms. The lowest BCUT2D eigenvalue weighted by Gasteiger charge is -2.08. The van der Waals surface area contributed by atoms with Gasteiger partial charge in [0.25, 0.3) is 0 Å². The number of aryl methyl sites for hydroxylation is 2. The molecule has 0 heterocycles. The predicted molar refractivity (Wildman–Crippen MR) is 62.4 cm³/mol. The van der Waals surface area contributed by atoms with E-state index in [4.69, 9.17) is 0 Å². The van der Waals surface area contributed by atoms with Crippen molar-refractivity contribution in [1.29, 1.82) is 0 Å². The third-order valence-electron chi connectivity index (χ3n) is 3.36. The summed E-state index contributed by atoms with van der Waals surface area (Å²) in [6.07, 6.45) is 3.08. The van der Waals surface area contributed by atoms with E-state index >= 15 is 0 Å². The Hall–Kier alpha value is -1.11. The van der Waals surface area contributed by atoms with Gasteiger partial charge in [0.05, 0.1) is 0 Å². The van der Waals surface area contributed by atoms with Crippen LogP contribution in [0.25, 0.3) is 0 Å². The Bertz CT molecular complexity index is 404. The molecular formula is C14H18O. The molecule has 1 nitrogen and oxygen atoms in total. The number of hydrogen-bond donors (Lipinski definition) is 0. The summed E-state index contributed by atoms with van der Waals surface area (Å²) in [4.78, 5) is 12.0. The van der Waals surface area contributed by atoms with Crippen LogP contribution >= 0.6 is 0 Å². The lowest BCUT2D eigenvalue weighted by Crippen LogP contribution is -2.05. The first-order chi connectivity index (χ1) is 7.15. The van der Waals surface area contributed by atoms with Crippen LogP contribution in [0.15, 0.2) is 12.1 Å². The van der Waals surface area contributed by atoms with Gasteiger partial charge in [-0.05, 0) is 36.5 Å². The summed E-state index contributed by atoms with van der Waals surface area (Å²) in [5, 5.41) is 0. The molecule has 0 saturated heterocycles. The summed E-state index contributed by atoms with van der Waals surface area (Å²) in [6.45, 7) is 6.31. The van der Waals surface area contributed by atoms with Crippen LogP contribution in [0.3, 0.4) is 0 Å². The quantitative estimate of drug-likeness (QED) is 0.719. The molecule has 0 aliphatic heterocycles. The number of Topliss-reactive ketones (excluding diaryl/α,β-unsaturated/α-hetero) is 1. The monoisotopic (exact) mass is 202 g/mol. The Balaban J connectivity index is 2.55. The molecule has 2 rings (SSSR count). The van der Waals surface area contributed by atoms with Crippen LogP contribution in [-0.2, 0) is 12.8 Å². The van der Waals surface area contributed by atoms with Gasteiger partial charge in [0.15, 0.2) is 5.78 Å². The average molecular weight is 202 g/mol. The van der Waals surface area contributed by atoms with Gasteiger partial charge in [0.2, 0.25) is 0 Å². The van der Waals surface area contributed by atoms with E-state index in [9.17, 15) is 4.79 Å². The number of benzene rings is 1. The minimum absolute atomic E-state index is 0.191. The Labute approximate surface area is 91.5 Å². The fraction of sp³-hybridized carbons (Fsp3) is 0.500. The summed E-state index contributed by atoms with van der Waals surface area (Å²) < 4.78 is 0. The highest BCUT2D eigenvalue weighted by molar-refractivity contribution is 6.03. The van der Waals surface area contributed by atoms with E-state index < -0.39 is 0 Å². The van der Waals surface area contributed by atoms with Gasteiger partial charge in [0.1, 0.15) is 0 Å². The van der Waals surface area contributed by atoms with Crippen molar-refractivity contribution in [1.82, 2.24) is 0 Å². The molecule has 0 N–H and O–H groups in total. The van der Waals surface area contributed by atoms with Crippen LogP contribution in [0.2, 0.25) is 0 Å². The van der Waals surface area contributed by atoms with Crippen molar-refractivity contribution in [2.45, 2.75) is 40.0 Å². The zero-order valence-corrected chi connectivity index (χ0v) is 9.76. The summed E-state index contributed by atoms with van der Waals surface area (Å²) >= 11 is 0. The van der Waals surface area contributed by atoms with Crippen molar-refractivity contribution in [2.75, 3.05) is 0 Å². The van der Waals surface area contributed by atoms with Gasteiger partial charge in [-0.2, -0.15) is 0 Å². The molecule has 0 amide bonds. The van der Waals surface area contributed by atoms with Crippen molar-refractivity contribution in [3.05, 3.63) is 34.4 Å². The molecule has 1 unspecified atom stereocenters. The molecule has 1 aliphatic rings. The van der Waals surface area contributed by atoms with Crippen LogP contribution in [-0.4, -0.2) is 5.78 Å². The van der Waals surface area contributed by atoms with Crippen molar-refractivity contribution in [3.8, 4) is 0 Å². The second kappa shape index (κ2) is 3.80. The van der Waals surface area contributed by atoms with Crippen LogP contribution in [0.1, 0.15) is 47.3 Å². The first kappa shape index (κ1) is 10.4. The second-order valence-corrected chi connectivity index (χ2v) is 4.61. The third kappa shape index (κ3) is 1.60. The summed E-state index contributed by atoms with van der Waals surface area (Å²) in [7, 11) is 0. The van der Waals surface area contributed by atoms with Gasteiger partial charge in [-0.1, -0.05) is 32.4 Å². The lowest BCUT2D eigenvalue weighted by molar-refractivity contribution is 0.0945. The van der Waals surface area contributed by atoms with Crippen molar-refractivity contribution in [2.24, 2.45) is 5.92 Å².